The minimum atomic E-state index is 0.582. The van der Waals surface area contributed by atoms with Crippen molar-refractivity contribution >= 4 is 11.8 Å². The van der Waals surface area contributed by atoms with Gasteiger partial charge in [0.05, 0.1) is 19.8 Å². The molecule has 0 saturated heterocycles. The molecule has 0 saturated carbocycles. The molecule has 1 heterocycles. The maximum atomic E-state index is 5.68. The Morgan fingerprint density at radius 1 is 1.17 bits per heavy atom. The van der Waals surface area contributed by atoms with Gasteiger partial charge in [-0.05, 0) is 24.5 Å². The molecule has 1 aliphatic rings. The van der Waals surface area contributed by atoms with Crippen molar-refractivity contribution < 1.29 is 9.47 Å². The largest absolute Gasteiger partial charge is 0.379 e. The summed E-state index contributed by atoms with van der Waals surface area (Å²) in [5.41, 5.74) is 1.47. The molecule has 2 rings (SSSR count). The molecule has 0 N–H and O–H groups in total. The van der Waals surface area contributed by atoms with Gasteiger partial charge in [0, 0.05) is 16.8 Å². The first-order chi connectivity index (χ1) is 8.90. The molecule has 2 nitrogen and oxygen atoms in total. The van der Waals surface area contributed by atoms with Crippen molar-refractivity contribution in [3.05, 3.63) is 29.8 Å². The quantitative estimate of drug-likeness (QED) is 0.671. The molecule has 0 amide bonds. The summed E-state index contributed by atoms with van der Waals surface area (Å²) in [4.78, 5) is 1.42. The van der Waals surface area contributed by atoms with E-state index in [1.54, 1.807) is 0 Å². The molecule has 1 atom stereocenters. The highest BCUT2D eigenvalue weighted by atomic mass is 32.2. The second-order valence-corrected chi connectivity index (χ2v) is 5.93. The first-order valence-corrected chi connectivity index (χ1v) is 7.68. The van der Waals surface area contributed by atoms with Crippen LogP contribution in [0.4, 0.5) is 0 Å². The summed E-state index contributed by atoms with van der Waals surface area (Å²) >= 11 is 1.94. The van der Waals surface area contributed by atoms with Gasteiger partial charge in [0.2, 0.25) is 0 Å². The van der Waals surface area contributed by atoms with E-state index in [4.69, 9.17) is 9.47 Å². The SMILES string of the molecule is CCCCOCCOCC1Cc2ccccc2S1. The summed E-state index contributed by atoms with van der Waals surface area (Å²) in [6.45, 7) is 5.32. The number of fused-ring (bicyclic) bond motifs is 1. The maximum Gasteiger partial charge on any atom is 0.0701 e. The summed E-state index contributed by atoms with van der Waals surface area (Å²) in [5, 5.41) is 0.582. The van der Waals surface area contributed by atoms with E-state index in [9.17, 15) is 0 Å². The lowest BCUT2D eigenvalue weighted by Gasteiger charge is -2.09. The third kappa shape index (κ3) is 4.30. The van der Waals surface area contributed by atoms with Crippen LogP contribution in [0.5, 0.6) is 0 Å². The number of rotatable bonds is 8. The Balaban J connectivity index is 1.54. The fourth-order valence-electron chi connectivity index (χ4n) is 2.03. The molecule has 100 valence electrons. The zero-order chi connectivity index (χ0) is 12.6. The second kappa shape index (κ2) is 7.82. The van der Waals surface area contributed by atoms with Gasteiger partial charge in [0.15, 0.2) is 0 Å². The Bertz CT molecular complexity index is 329. The van der Waals surface area contributed by atoms with Crippen LogP contribution in [0.2, 0.25) is 0 Å². The molecule has 0 aromatic heterocycles. The molecule has 1 unspecified atom stereocenters. The summed E-state index contributed by atoms with van der Waals surface area (Å²) in [6, 6.07) is 8.64. The molecule has 18 heavy (non-hydrogen) atoms. The third-order valence-electron chi connectivity index (χ3n) is 3.03. The summed E-state index contributed by atoms with van der Waals surface area (Å²) in [5.74, 6) is 0. The van der Waals surface area contributed by atoms with Crippen LogP contribution in [0, 0.1) is 0 Å². The van der Waals surface area contributed by atoms with Gasteiger partial charge in [0.1, 0.15) is 0 Å². The Morgan fingerprint density at radius 3 is 2.83 bits per heavy atom. The molecule has 1 aromatic rings. The highest BCUT2D eigenvalue weighted by molar-refractivity contribution is 8.00. The molecule has 1 aliphatic heterocycles. The molecule has 0 spiro atoms. The number of ether oxygens (including phenoxy) is 2. The fourth-order valence-corrected chi connectivity index (χ4v) is 3.27. The van der Waals surface area contributed by atoms with Crippen LogP contribution in [0.25, 0.3) is 0 Å². The Morgan fingerprint density at radius 2 is 2.00 bits per heavy atom. The minimum Gasteiger partial charge on any atom is -0.379 e. The van der Waals surface area contributed by atoms with Gasteiger partial charge in [-0.25, -0.2) is 0 Å². The lowest BCUT2D eigenvalue weighted by Crippen LogP contribution is -2.14. The van der Waals surface area contributed by atoms with E-state index in [2.05, 4.69) is 31.2 Å². The fraction of sp³-hybridized carbons (Fsp3) is 0.600. The van der Waals surface area contributed by atoms with Gasteiger partial charge in [-0.3, -0.25) is 0 Å². The predicted octanol–water partition coefficient (Wildman–Crippen LogP) is 3.54. The van der Waals surface area contributed by atoms with Crippen molar-refractivity contribution in [2.24, 2.45) is 0 Å². The van der Waals surface area contributed by atoms with Crippen molar-refractivity contribution in [3.8, 4) is 0 Å². The van der Waals surface area contributed by atoms with Gasteiger partial charge < -0.3 is 9.47 Å². The van der Waals surface area contributed by atoms with Crippen LogP contribution in [-0.4, -0.2) is 31.7 Å². The normalized spacial score (nSPS) is 17.9. The van der Waals surface area contributed by atoms with Crippen molar-refractivity contribution in [2.75, 3.05) is 26.4 Å². The second-order valence-electron chi connectivity index (χ2n) is 4.59. The van der Waals surface area contributed by atoms with E-state index in [0.717, 1.165) is 39.3 Å². The van der Waals surface area contributed by atoms with Crippen LogP contribution < -0.4 is 0 Å². The molecule has 0 radical (unpaired) electrons. The van der Waals surface area contributed by atoms with Crippen molar-refractivity contribution in [1.29, 1.82) is 0 Å². The topological polar surface area (TPSA) is 18.5 Å². The maximum absolute atomic E-state index is 5.68. The van der Waals surface area contributed by atoms with Crippen molar-refractivity contribution in [2.45, 2.75) is 36.3 Å². The van der Waals surface area contributed by atoms with Crippen LogP contribution >= 0.6 is 11.8 Å². The first kappa shape index (κ1) is 13.9. The van der Waals surface area contributed by atoms with E-state index in [1.165, 1.54) is 16.9 Å². The first-order valence-electron chi connectivity index (χ1n) is 6.80. The average Bonchev–Trinajstić information content (AvgIpc) is 2.80. The standard InChI is InChI=1S/C15H22O2S/c1-2-3-8-16-9-10-17-12-14-11-13-6-4-5-7-15(13)18-14/h4-7,14H,2-3,8-12H2,1H3. The summed E-state index contributed by atoms with van der Waals surface area (Å²) in [6.07, 6.45) is 3.48. The zero-order valence-corrected chi connectivity index (χ0v) is 11.9. The molecule has 3 heteroatoms. The minimum absolute atomic E-state index is 0.582. The van der Waals surface area contributed by atoms with Crippen LogP contribution in [-0.2, 0) is 15.9 Å². The van der Waals surface area contributed by atoms with Crippen LogP contribution in [0.1, 0.15) is 25.3 Å². The van der Waals surface area contributed by atoms with Crippen LogP contribution in [0.15, 0.2) is 29.2 Å². The third-order valence-corrected chi connectivity index (χ3v) is 4.32. The molecular weight excluding hydrogens is 244 g/mol. The van der Waals surface area contributed by atoms with Gasteiger partial charge in [-0.15, -0.1) is 11.8 Å². The monoisotopic (exact) mass is 266 g/mol. The smallest absolute Gasteiger partial charge is 0.0701 e. The van der Waals surface area contributed by atoms with Gasteiger partial charge in [-0.2, -0.15) is 0 Å². The van der Waals surface area contributed by atoms with Gasteiger partial charge in [0.25, 0.3) is 0 Å². The van der Waals surface area contributed by atoms with Gasteiger partial charge >= 0.3 is 0 Å². The highest BCUT2D eigenvalue weighted by Crippen LogP contribution is 2.36. The number of unbranched alkanes of at least 4 members (excludes halogenated alkanes) is 1. The van der Waals surface area contributed by atoms with E-state index in [0.29, 0.717) is 5.25 Å². The molecular formula is C15H22O2S. The number of hydrogen-bond donors (Lipinski definition) is 0. The molecule has 0 bridgehead atoms. The van der Waals surface area contributed by atoms with E-state index in [-0.39, 0.29) is 0 Å². The Labute approximate surface area is 114 Å². The number of hydrogen-bond acceptors (Lipinski definition) is 3. The number of benzene rings is 1. The van der Waals surface area contributed by atoms with E-state index in [1.807, 2.05) is 11.8 Å². The number of thioether (sulfide) groups is 1. The molecule has 0 fully saturated rings. The summed E-state index contributed by atoms with van der Waals surface area (Å²) in [7, 11) is 0. The van der Waals surface area contributed by atoms with E-state index < -0.39 is 0 Å². The van der Waals surface area contributed by atoms with E-state index >= 15 is 0 Å². The van der Waals surface area contributed by atoms with Gasteiger partial charge in [-0.1, -0.05) is 31.5 Å². The predicted molar refractivity (Wildman–Crippen MR) is 76.3 cm³/mol. The molecule has 1 aromatic carbocycles. The Kier molecular flexibility index (Phi) is 6.05. The highest BCUT2D eigenvalue weighted by Gasteiger charge is 2.21. The zero-order valence-electron chi connectivity index (χ0n) is 11.1. The summed E-state index contributed by atoms with van der Waals surface area (Å²) < 4.78 is 11.2. The molecule has 0 aliphatic carbocycles. The average molecular weight is 266 g/mol. The lowest BCUT2D eigenvalue weighted by molar-refractivity contribution is 0.0475. The van der Waals surface area contributed by atoms with Crippen molar-refractivity contribution in [1.82, 2.24) is 0 Å². The van der Waals surface area contributed by atoms with Crippen molar-refractivity contribution in [3.63, 3.8) is 0 Å². The Hall–Kier alpha value is -0.510. The van der Waals surface area contributed by atoms with Crippen LogP contribution in [0.3, 0.4) is 0 Å². The lowest BCUT2D eigenvalue weighted by atomic mass is 10.1.